The van der Waals surface area contributed by atoms with Crippen molar-refractivity contribution in [2.24, 2.45) is 0 Å². The molecule has 0 N–H and O–H groups in total. The summed E-state index contributed by atoms with van der Waals surface area (Å²) in [6.07, 6.45) is 0. The predicted octanol–water partition coefficient (Wildman–Crippen LogP) is 8.90. The Balaban J connectivity index is 1.73. The second kappa shape index (κ2) is 8.27. The molecule has 6 aromatic rings. The molecule has 0 unspecified atom stereocenters. The topological polar surface area (TPSA) is 30.2 Å². The summed E-state index contributed by atoms with van der Waals surface area (Å²) < 4.78 is 2.28. The van der Waals surface area contributed by atoms with Crippen LogP contribution in [0.5, 0.6) is 0 Å². The molecular weight excluding hydrogens is 450 g/mol. The van der Waals surface area contributed by atoms with Crippen molar-refractivity contribution >= 4 is 27.6 Å². The Morgan fingerprint density at radius 3 is 1.97 bits per heavy atom. The fourth-order valence-electron chi connectivity index (χ4n) is 5.45. The Morgan fingerprint density at radius 1 is 0.622 bits per heavy atom. The molecular formula is C34H33N3. The van der Waals surface area contributed by atoms with Crippen LogP contribution in [-0.4, -0.2) is 14.4 Å². The number of imidazole rings is 1. The third kappa shape index (κ3) is 3.81. The molecule has 0 bridgehead atoms. The van der Waals surface area contributed by atoms with Gasteiger partial charge in [-0.1, -0.05) is 69.3 Å². The Labute approximate surface area is 218 Å². The maximum atomic E-state index is 5.37. The van der Waals surface area contributed by atoms with Crippen LogP contribution < -0.4 is 0 Å². The summed E-state index contributed by atoms with van der Waals surface area (Å²) in [5.41, 5.74) is 14.0. The zero-order valence-electron chi connectivity index (χ0n) is 22.8. The molecule has 37 heavy (non-hydrogen) atoms. The van der Waals surface area contributed by atoms with E-state index in [0.29, 0.717) is 0 Å². The van der Waals surface area contributed by atoms with Crippen LogP contribution in [0.25, 0.3) is 50.1 Å². The van der Waals surface area contributed by atoms with E-state index in [1.165, 1.54) is 44.5 Å². The number of aryl methyl sites for hydroxylation is 4. The highest BCUT2D eigenvalue weighted by Gasteiger charge is 2.21. The second-order valence-electron chi connectivity index (χ2n) is 11.5. The molecule has 0 radical (unpaired) electrons. The summed E-state index contributed by atoms with van der Waals surface area (Å²) in [5.74, 6) is 0.953. The van der Waals surface area contributed by atoms with E-state index in [1.54, 1.807) is 0 Å². The number of hydrogen-bond acceptors (Lipinski definition) is 2. The zero-order valence-corrected chi connectivity index (χ0v) is 22.8. The predicted molar refractivity (Wildman–Crippen MR) is 157 cm³/mol. The van der Waals surface area contributed by atoms with Crippen LogP contribution in [0.2, 0.25) is 0 Å². The van der Waals surface area contributed by atoms with Crippen molar-refractivity contribution in [1.82, 2.24) is 14.4 Å². The molecule has 0 fully saturated rings. The molecule has 0 aliphatic rings. The highest BCUT2D eigenvalue weighted by molar-refractivity contribution is 5.99. The van der Waals surface area contributed by atoms with E-state index in [1.807, 2.05) is 0 Å². The van der Waals surface area contributed by atoms with Gasteiger partial charge in [-0.05, 0) is 96.3 Å². The maximum absolute atomic E-state index is 5.37. The van der Waals surface area contributed by atoms with Crippen LogP contribution >= 0.6 is 0 Å². The van der Waals surface area contributed by atoms with E-state index in [-0.39, 0.29) is 5.41 Å². The molecule has 0 amide bonds. The van der Waals surface area contributed by atoms with Gasteiger partial charge in [-0.2, -0.15) is 0 Å². The van der Waals surface area contributed by atoms with Gasteiger partial charge in [0.25, 0.3) is 0 Å². The minimum atomic E-state index is 0.0414. The first-order valence-corrected chi connectivity index (χ1v) is 13.0. The van der Waals surface area contributed by atoms with E-state index >= 15 is 0 Å². The fraction of sp³-hybridized carbons (Fsp3) is 0.235. The van der Waals surface area contributed by atoms with Crippen LogP contribution in [0.15, 0.2) is 72.8 Å². The summed E-state index contributed by atoms with van der Waals surface area (Å²) in [6, 6.07) is 26.3. The van der Waals surface area contributed by atoms with E-state index in [9.17, 15) is 0 Å². The number of fused-ring (bicyclic) bond motifs is 5. The van der Waals surface area contributed by atoms with Gasteiger partial charge in [0.05, 0.1) is 16.6 Å². The minimum Gasteiger partial charge on any atom is -0.276 e. The van der Waals surface area contributed by atoms with Crippen molar-refractivity contribution < 1.29 is 0 Å². The van der Waals surface area contributed by atoms with Crippen LogP contribution in [0.3, 0.4) is 0 Å². The largest absolute Gasteiger partial charge is 0.276 e. The first-order valence-electron chi connectivity index (χ1n) is 13.0. The van der Waals surface area contributed by atoms with Crippen molar-refractivity contribution in [3.8, 4) is 22.5 Å². The molecule has 0 saturated heterocycles. The number of aromatic nitrogens is 3. The average Bonchev–Trinajstić information content (AvgIpc) is 3.22. The van der Waals surface area contributed by atoms with Gasteiger partial charge in [-0.15, -0.1) is 0 Å². The number of hydrogen-bond donors (Lipinski definition) is 0. The van der Waals surface area contributed by atoms with Gasteiger partial charge in [0, 0.05) is 10.9 Å². The first kappa shape index (κ1) is 23.4. The lowest BCUT2D eigenvalue weighted by Crippen LogP contribution is -2.11. The lowest BCUT2D eigenvalue weighted by molar-refractivity contribution is 0.591. The van der Waals surface area contributed by atoms with E-state index < -0.39 is 0 Å². The van der Waals surface area contributed by atoms with Crippen LogP contribution in [0, 0.1) is 27.7 Å². The molecule has 2 aromatic heterocycles. The van der Waals surface area contributed by atoms with Crippen LogP contribution in [0.4, 0.5) is 0 Å². The zero-order chi connectivity index (χ0) is 26.1. The molecule has 0 spiro atoms. The summed E-state index contributed by atoms with van der Waals surface area (Å²) in [6.45, 7) is 15.5. The normalized spacial score (nSPS) is 12.2. The SMILES string of the molecule is Cc1cc2nc3c4ccc(C(C)(C)C)cc4nc(-c4c(C)cc(-c5ccccc5)cc4C)n3c2cc1C. The van der Waals surface area contributed by atoms with Gasteiger partial charge in [0.15, 0.2) is 0 Å². The summed E-state index contributed by atoms with van der Waals surface area (Å²) in [7, 11) is 0. The standard InChI is InChI=1S/C34H33N3/c1-20-17-29-30(18-21(20)2)37-32(36-29)27-14-13-26(34(5,6)7)19-28(27)35-33(37)31-22(3)15-25(16-23(31)4)24-11-9-8-10-12-24/h8-19H,1-7H3. The van der Waals surface area contributed by atoms with Crippen LogP contribution in [0.1, 0.15) is 48.6 Å². The van der Waals surface area contributed by atoms with Gasteiger partial charge >= 0.3 is 0 Å². The smallest absolute Gasteiger partial charge is 0.149 e. The number of rotatable bonds is 2. The Morgan fingerprint density at radius 2 is 1.30 bits per heavy atom. The molecule has 3 heteroatoms. The minimum absolute atomic E-state index is 0.0414. The number of benzene rings is 4. The maximum Gasteiger partial charge on any atom is 0.149 e. The third-order valence-electron chi connectivity index (χ3n) is 7.68. The molecule has 3 nitrogen and oxygen atoms in total. The van der Waals surface area contributed by atoms with Gasteiger partial charge < -0.3 is 0 Å². The quantitative estimate of drug-likeness (QED) is 0.246. The van der Waals surface area contributed by atoms with E-state index in [4.69, 9.17) is 9.97 Å². The highest BCUT2D eigenvalue weighted by Crippen LogP contribution is 2.36. The summed E-state index contributed by atoms with van der Waals surface area (Å²) in [4.78, 5) is 10.5. The Hall–Kier alpha value is -3.98. The van der Waals surface area contributed by atoms with Crippen molar-refractivity contribution in [2.45, 2.75) is 53.9 Å². The molecule has 6 rings (SSSR count). The molecule has 2 heterocycles. The van der Waals surface area contributed by atoms with Crippen molar-refractivity contribution in [2.75, 3.05) is 0 Å². The highest BCUT2D eigenvalue weighted by atomic mass is 15.1. The van der Waals surface area contributed by atoms with Crippen LogP contribution in [-0.2, 0) is 5.41 Å². The van der Waals surface area contributed by atoms with E-state index in [2.05, 4.69) is 126 Å². The first-order chi connectivity index (χ1) is 17.6. The summed E-state index contributed by atoms with van der Waals surface area (Å²) >= 11 is 0. The molecule has 4 aromatic carbocycles. The number of nitrogens with zero attached hydrogens (tertiary/aromatic N) is 3. The van der Waals surface area contributed by atoms with Crippen molar-refractivity contribution in [3.05, 3.63) is 101 Å². The van der Waals surface area contributed by atoms with Crippen molar-refractivity contribution in [3.63, 3.8) is 0 Å². The third-order valence-corrected chi connectivity index (χ3v) is 7.68. The molecule has 0 aliphatic heterocycles. The molecule has 0 atom stereocenters. The Kier molecular flexibility index (Phi) is 5.24. The monoisotopic (exact) mass is 483 g/mol. The van der Waals surface area contributed by atoms with Gasteiger partial charge in [0.1, 0.15) is 11.5 Å². The Bertz CT molecular complexity index is 1810. The average molecular weight is 484 g/mol. The lowest BCUT2D eigenvalue weighted by Gasteiger charge is -2.20. The fourth-order valence-corrected chi connectivity index (χ4v) is 5.45. The van der Waals surface area contributed by atoms with E-state index in [0.717, 1.165) is 33.4 Å². The van der Waals surface area contributed by atoms with Gasteiger partial charge in [-0.3, -0.25) is 4.40 Å². The lowest BCUT2D eigenvalue weighted by atomic mass is 9.86. The van der Waals surface area contributed by atoms with Gasteiger partial charge in [-0.25, -0.2) is 9.97 Å². The van der Waals surface area contributed by atoms with Crippen molar-refractivity contribution in [1.29, 1.82) is 0 Å². The molecule has 0 aliphatic carbocycles. The molecule has 0 saturated carbocycles. The second-order valence-corrected chi connectivity index (χ2v) is 11.5. The molecule has 184 valence electrons. The summed E-state index contributed by atoms with van der Waals surface area (Å²) in [5, 5.41) is 1.08. The van der Waals surface area contributed by atoms with Gasteiger partial charge in [0.2, 0.25) is 0 Å².